The van der Waals surface area contributed by atoms with E-state index in [1.165, 1.54) is 12.1 Å². The van der Waals surface area contributed by atoms with E-state index in [9.17, 15) is 19.7 Å². The largest absolute Gasteiger partial charge is 0.507 e. The number of aliphatic hydroxyl groups is 2. The van der Waals surface area contributed by atoms with E-state index in [1.807, 2.05) is 0 Å². The van der Waals surface area contributed by atoms with Crippen LogP contribution < -0.4 is 0 Å². The number of phenols is 1. The van der Waals surface area contributed by atoms with E-state index >= 15 is 0 Å². The number of phenolic OH excluding ortho intramolecular Hbond substituents is 1. The second-order valence-electron chi connectivity index (χ2n) is 2.87. The second kappa shape index (κ2) is 4.63. The van der Waals surface area contributed by atoms with Gasteiger partial charge >= 0.3 is 0 Å². The van der Waals surface area contributed by atoms with Crippen LogP contribution in [0.15, 0.2) is 18.2 Å². The summed E-state index contributed by atoms with van der Waals surface area (Å²) in [7, 11) is 0. The van der Waals surface area contributed by atoms with Crippen LogP contribution in [0.4, 0.5) is 4.39 Å². The van der Waals surface area contributed by atoms with Gasteiger partial charge < -0.3 is 15.3 Å². The van der Waals surface area contributed by atoms with Gasteiger partial charge in [-0.1, -0.05) is 6.07 Å². The molecule has 2 unspecified atom stereocenters. The smallest absolute Gasteiger partial charge is 0.132 e. The molecule has 3 nitrogen and oxygen atoms in total. The number of rotatable bonds is 3. The highest BCUT2D eigenvalue weighted by Gasteiger charge is 2.23. The molecular formula is C9H11FO3S. The van der Waals surface area contributed by atoms with Gasteiger partial charge in [-0.3, -0.25) is 0 Å². The predicted molar refractivity (Wildman–Crippen MR) is 52.9 cm³/mol. The minimum absolute atomic E-state index is 0.0189. The Morgan fingerprint density at radius 2 is 2.00 bits per heavy atom. The zero-order chi connectivity index (χ0) is 10.7. The normalized spacial score (nSPS) is 15.1. The van der Waals surface area contributed by atoms with Crippen molar-refractivity contribution in [3.8, 4) is 5.75 Å². The minimum Gasteiger partial charge on any atom is -0.507 e. The van der Waals surface area contributed by atoms with Gasteiger partial charge in [0, 0.05) is 5.75 Å². The van der Waals surface area contributed by atoms with E-state index in [0.717, 1.165) is 6.07 Å². The molecule has 0 radical (unpaired) electrons. The second-order valence-corrected chi connectivity index (χ2v) is 3.23. The summed E-state index contributed by atoms with van der Waals surface area (Å²) in [4.78, 5) is 0. The first-order valence-electron chi connectivity index (χ1n) is 4.02. The monoisotopic (exact) mass is 218 g/mol. The fourth-order valence-corrected chi connectivity index (χ4v) is 1.31. The summed E-state index contributed by atoms with van der Waals surface area (Å²) in [6.45, 7) is 0. The topological polar surface area (TPSA) is 60.7 Å². The number of hydrogen-bond donors (Lipinski definition) is 4. The Morgan fingerprint density at radius 3 is 2.50 bits per heavy atom. The van der Waals surface area contributed by atoms with Crippen molar-refractivity contribution >= 4 is 12.6 Å². The van der Waals surface area contributed by atoms with Crippen molar-refractivity contribution < 1.29 is 19.7 Å². The Bertz CT molecular complexity index is 299. The van der Waals surface area contributed by atoms with Gasteiger partial charge in [-0.25, -0.2) is 4.39 Å². The molecule has 1 rings (SSSR count). The van der Waals surface area contributed by atoms with Crippen LogP contribution in [-0.2, 0) is 0 Å². The van der Waals surface area contributed by atoms with Gasteiger partial charge in [-0.05, 0) is 12.1 Å². The molecule has 0 spiro atoms. The zero-order valence-electron chi connectivity index (χ0n) is 7.26. The zero-order valence-corrected chi connectivity index (χ0v) is 8.16. The lowest BCUT2D eigenvalue weighted by atomic mass is 10.0. The average Bonchev–Trinajstić information content (AvgIpc) is 2.16. The highest BCUT2D eigenvalue weighted by Crippen LogP contribution is 2.29. The standard InChI is InChI=1S/C9H11FO3S/c10-5-2-1-3-6(11)8(5)9(13)7(12)4-14/h1-3,7,9,11-14H,4H2. The Kier molecular flexibility index (Phi) is 3.74. The summed E-state index contributed by atoms with van der Waals surface area (Å²) in [5.74, 6) is -1.15. The average molecular weight is 218 g/mol. The summed E-state index contributed by atoms with van der Waals surface area (Å²) < 4.78 is 13.1. The maximum atomic E-state index is 13.1. The van der Waals surface area contributed by atoms with Crippen molar-refractivity contribution in [2.24, 2.45) is 0 Å². The van der Waals surface area contributed by atoms with E-state index in [4.69, 9.17) is 0 Å². The fourth-order valence-electron chi connectivity index (χ4n) is 1.11. The van der Waals surface area contributed by atoms with Crippen LogP contribution in [0.1, 0.15) is 11.7 Å². The highest BCUT2D eigenvalue weighted by atomic mass is 32.1. The van der Waals surface area contributed by atoms with Gasteiger partial charge in [-0.2, -0.15) is 12.6 Å². The molecule has 1 aromatic carbocycles. The third-order valence-corrected chi connectivity index (χ3v) is 2.25. The van der Waals surface area contributed by atoms with E-state index < -0.39 is 18.0 Å². The number of benzene rings is 1. The molecule has 78 valence electrons. The Balaban J connectivity index is 3.05. The summed E-state index contributed by atoms with van der Waals surface area (Å²) in [6, 6.07) is 3.66. The molecule has 14 heavy (non-hydrogen) atoms. The minimum atomic E-state index is -1.46. The Hall–Kier alpha value is -0.780. The van der Waals surface area contributed by atoms with Gasteiger partial charge in [0.05, 0.1) is 11.7 Å². The van der Waals surface area contributed by atoms with E-state index in [-0.39, 0.29) is 17.1 Å². The van der Waals surface area contributed by atoms with Crippen LogP contribution in [0.2, 0.25) is 0 Å². The van der Waals surface area contributed by atoms with Crippen LogP contribution in [0.25, 0.3) is 0 Å². The molecule has 0 aliphatic carbocycles. The summed E-state index contributed by atoms with van der Waals surface area (Å²) in [5.41, 5.74) is -0.297. The van der Waals surface area contributed by atoms with Gasteiger partial charge in [0.2, 0.25) is 0 Å². The molecule has 0 aromatic heterocycles. The molecule has 0 saturated heterocycles. The number of halogens is 1. The van der Waals surface area contributed by atoms with E-state index in [2.05, 4.69) is 12.6 Å². The van der Waals surface area contributed by atoms with Gasteiger partial charge in [-0.15, -0.1) is 0 Å². The van der Waals surface area contributed by atoms with Crippen molar-refractivity contribution in [2.45, 2.75) is 12.2 Å². The molecule has 0 aliphatic heterocycles. The van der Waals surface area contributed by atoms with E-state index in [1.54, 1.807) is 0 Å². The van der Waals surface area contributed by atoms with E-state index in [0.29, 0.717) is 0 Å². The summed E-state index contributed by atoms with van der Waals surface area (Å²) in [6.07, 6.45) is -2.67. The SMILES string of the molecule is Oc1cccc(F)c1C(O)C(O)CS. The van der Waals surface area contributed by atoms with Crippen LogP contribution in [0.3, 0.4) is 0 Å². The Labute approximate surface area is 86.2 Å². The fraction of sp³-hybridized carbons (Fsp3) is 0.333. The molecule has 3 N–H and O–H groups in total. The lowest BCUT2D eigenvalue weighted by molar-refractivity contribution is 0.0299. The number of aromatic hydroxyl groups is 1. The van der Waals surface area contributed by atoms with Crippen LogP contribution in [0.5, 0.6) is 5.75 Å². The first kappa shape index (κ1) is 11.3. The van der Waals surface area contributed by atoms with Gasteiger partial charge in [0.1, 0.15) is 17.7 Å². The molecule has 0 aliphatic rings. The summed E-state index contributed by atoms with van der Waals surface area (Å²) in [5, 5.41) is 27.9. The molecule has 0 bridgehead atoms. The first-order valence-corrected chi connectivity index (χ1v) is 4.65. The molecule has 0 heterocycles. The van der Waals surface area contributed by atoms with Gasteiger partial charge in [0.15, 0.2) is 0 Å². The lowest BCUT2D eigenvalue weighted by Crippen LogP contribution is -2.20. The third-order valence-electron chi connectivity index (χ3n) is 1.88. The number of hydrogen-bond acceptors (Lipinski definition) is 4. The van der Waals surface area contributed by atoms with Crippen molar-refractivity contribution in [1.29, 1.82) is 0 Å². The van der Waals surface area contributed by atoms with Crippen molar-refractivity contribution in [3.63, 3.8) is 0 Å². The quantitative estimate of drug-likeness (QED) is 0.569. The first-order chi connectivity index (χ1) is 6.57. The molecule has 1 aromatic rings. The molecule has 5 heteroatoms. The molecule has 2 atom stereocenters. The molecular weight excluding hydrogens is 207 g/mol. The van der Waals surface area contributed by atoms with Gasteiger partial charge in [0.25, 0.3) is 0 Å². The molecule has 0 fully saturated rings. The molecule has 0 saturated carbocycles. The maximum absolute atomic E-state index is 13.1. The lowest BCUT2D eigenvalue weighted by Gasteiger charge is -2.17. The Morgan fingerprint density at radius 1 is 1.36 bits per heavy atom. The number of thiol groups is 1. The van der Waals surface area contributed by atoms with Crippen LogP contribution >= 0.6 is 12.6 Å². The molecule has 0 amide bonds. The maximum Gasteiger partial charge on any atom is 0.132 e. The van der Waals surface area contributed by atoms with Crippen LogP contribution in [-0.4, -0.2) is 27.2 Å². The van der Waals surface area contributed by atoms with Crippen LogP contribution in [0, 0.1) is 5.82 Å². The predicted octanol–water partition coefficient (Wildman–Crippen LogP) is 0.855. The van der Waals surface area contributed by atoms with Crippen molar-refractivity contribution in [1.82, 2.24) is 0 Å². The summed E-state index contributed by atoms with van der Waals surface area (Å²) >= 11 is 3.76. The van der Waals surface area contributed by atoms with Crippen molar-refractivity contribution in [2.75, 3.05) is 5.75 Å². The van der Waals surface area contributed by atoms with Crippen molar-refractivity contribution in [3.05, 3.63) is 29.6 Å². The number of aliphatic hydroxyl groups excluding tert-OH is 2. The third kappa shape index (κ3) is 2.17. The highest BCUT2D eigenvalue weighted by molar-refractivity contribution is 7.80.